The average molecular weight is 697 g/mol. The van der Waals surface area contributed by atoms with Crippen LogP contribution in [0.1, 0.15) is 35.1 Å². The van der Waals surface area contributed by atoms with E-state index < -0.39 is 35.7 Å². The molecule has 1 amide bonds. The monoisotopic (exact) mass is 696 g/mol. The van der Waals surface area contributed by atoms with Gasteiger partial charge < -0.3 is 20.3 Å². The molecule has 0 saturated carbocycles. The molecule has 1 fully saturated rings. The number of rotatable bonds is 9. The van der Waals surface area contributed by atoms with Crippen LogP contribution in [0.4, 0.5) is 18.9 Å². The number of amides is 1. The van der Waals surface area contributed by atoms with E-state index in [9.17, 15) is 33.0 Å². The molecule has 0 bridgehead atoms. The molecule has 0 unspecified atom stereocenters. The first kappa shape index (κ1) is 36.1. The van der Waals surface area contributed by atoms with Crippen molar-refractivity contribution >= 4 is 23.3 Å². The van der Waals surface area contributed by atoms with Gasteiger partial charge in [-0.15, -0.1) is 5.69 Å². The molecule has 4 aromatic rings. The molecule has 11 heteroatoms. The first-order chi connectivity index (χ1) is 22.6. The molecule has 1 heterocycles. The van der Waals surface area contributed by atoms with Gasteiger partial charge in [0.25, 0.3) is 5.60 Å². The molecule has 250 valence electrons. The molecule has 0 aliphatic carbocycles. The molecular formula is C37H31F3N3NiO4-. The molecule has 2 N–H and O–H groups in total. The number of aliphatic hydroxyl groups is 1. The summed E-state index contributed by atoms with van der Waals surface area (Å²) >= 11 is 0. The summed E-state index contributed by atoms with van der Waals surface area (Å²) in [5, 5.41) is 25.5. The van der Waals surface area contributed by atoms with Crippen LogP contribution in [0, 0.1) is 11.8 Å². The van der Waals surface area contributed by atoms with Crippen LogP contribution < -0.4 is 0 Å². The Morgan fingerprint density at radius 2 is 1.48 bits per heavy atom. The molecule has 3 atom stereocenters. The summed E-state index contributed by atoms with van der Waals surface area (Å²) < 4.78 is 43.6. The van der Waals surface area contributed by atoms with Gasteiger partial charge >= 0.3 is 12.1 Å². The topological polar surface area (TPSA) is 104 Å². The van der Waals surface area contributed by atoms with Crippen molar-refractivity contribution in [3.05, 3.63) is 143 Å². The summed E-state index contributed by atoms with van der Waals surface area (Å²) in [6, 6.07) is 28.1. The second kappa shape index (κ2) is 15.9. The molecule has 0 aromatic heterocycles. The smallest absolute Gasteiger partial charge is 0.431 e. The Balaban J connectivity index is 0.00000520. The minimum Gasteiger partial charge on any atom is -0.625 e. The van der Waals surface area contributed by atoms with E-state index in [1.807, 2.05) is 35.2 Å². The number of para-hydroxylation sites is 1. The first-order valence-corrected chi connectivity index (χ1v) is 14.9. The largest absolute Gasteiger partial charge is 0.625 e. The summed E-state index contributed by atoms with van der Waals surface area (Å²) in [5.41, 5.74) is -2.63. The number of carboxylic acids is 1. The van der Waals surface area contributed by atoms with Crippen molar-refractivity contribution in [3.8, 4) is 11.8 Å². The summed E-state index contributed by atoms with van der Waals surface area (Å²) in [5.74, 6) is 1.53. The van der Waals surface area contributed by atoms with E-state index in [1.54, 1.807) is 54.5 Å². The van der Waals surface area contributed by atoms with Crippen LogP contribution in [-0.2, 0) is 32.6 Å². The SMILES string of the molecule is O=C(O)[C@@H](N=C(c1ccccc1)c1ccccc1[N-]C(=O)[C@@H]1CCCN1Cc1ccccc1)[C@@](O)(C#Cc1ccccc1)C(F)(F)F.[Ni]. The minimum absolute atomic E-state index is 0. The Morgan fingerprint density at radius 3 is 2.10 bits per heavy atom. The zero-order chi connectivity index (χ0) is 33.4. The number of aliphatic carboxylic acids is 1. The molecule has 4 aromatic carbocycles. The molecule has 1 aliphatic rings. The fourth-order valence-electron chi connectivity index (χ4n) is 5.41. The van der Waals surface area contributed by atoms with Crippen LogP contribution in [0.15, 0.2) is 120 Å². The predicted molar refractivity (Wildman–Crippen MR) is 172 cm³/mol. The summed E-state index contributed by atoms with van der Waals surface area (Å²) in [6.07, 6.45) is -4.14. The molecule has 0 spiro atoms. The van der Waals surface area contributed by atoms with Crippen LogP contribution in [0.25, 0.3) is 5.32 Å². The van der Waals surface area contributed by atoms with E-state index in [-0.39, 0.29) is 44.6 Å². The quantitative estimate of drug-likeness (QED) is 0.118. The van der Waals surface area contributed by atoms with Crippen molar-refractivity contribution in [3.63, 3.8) is 0 Å². The van der Waals surface area contributed by atoms with E-state index in [4.69, 9.17) is 0 Å². The Morgan fingerprint density at radius 1 is 0.896 bits per heavy atom. The van der Waals surface area contributed by atoms with Gasteiger partial charge in [0.05, 0.1) is 17.7 Å². The predicted octanol–water partition coefficient (Wildman–Crippen LogP) is 6.52. The zero-order valence-electron chi connectivity index (χ0n) is 25.5. The van der Waals surface area contributed by atoms with Crippen molar-refractivity contribution in [2.75, 3.05) is 6.54 Å². The van der Waals surface area contributed by atoms with Gasteiger partial charge in [-0.3, -0.25) is 9.89 Å². The van der Waals surface area contributed by atoms with Gasteiger partial charge in [0.1, 0.15) is 0 Å². The maximum atomic E-state index is 14.5. The number of hydrogen-bond donors (Lipinski definition) is 2. The van der Waals surface area contributed by atoms with Gasteiger partial charge in [0, 0.05) is 34.2 Å². The van der Waals surface area contributed by atoms with Crippen LogP contribution in [0.3, 0.4) is 0 Å². The fraction of sp³-hybridized carbons (Fsp3) is 0.216. The third-order valence-corrected chi connectivity index (χ3v) is 7.81. The van der Waals surface area contributed by atoms with E-state index in [0.717, 1.165) is 12.0 Å². The van der Waals surface area contributed by atoms with Gasteiger partial charge in [-0.05, 0) is 42.6 Å². The van der Waals surface area contributed by atoms with E-state index in [1.165, 1.54) is 36.4 Å². The van der Waals surface area contributed by atoms with Crippen molar-refractivity contribution in [2.45, 2.75) is 43.2 Å². The van der Waals surface area contributed by atoms with Gasteiger partial charge in [-0.2, -0.15) is 13.2 Å². The maximum Gasteiger partial charge on any atom is 0.431 e. The van der Waals surface area contributed by atoms with Crippen molar-refractivity contribution in [2.24, 2.45) is 4.99 Å². The number of alkyl halides is 3. The Bertz CT molecular complexity index is 1790. The van der Waals surface area contributed by atoms with Crippen LogP contribution in [0.2, 0.25) is 0 Å². The Kier molecular flexibility index (Phi) is 12.0. The standard InChI is InChI=1S/C37H32F3N3O4.Ni/c38-37(39,40)36(47,23-22-26-13-4-1-5-14-26)33(35(45)46)42-32(28-17-8-3-9-18-28)29-19-10-11-20-30(29)41-34(44)31-21-12-24-43(31)25-27-15-6-2-7-16-27;/h1-11,13-20,31,33,47H,12,21,24-25H2,(H2,41,42,44,45,46);/p-1/t31-,33+,36-;/m0./s1. The number of benzene rings is 4. The number of nitrogens with zero attached hydrogens (tertiary/aromatic N) is 3. The fourth-order valence-corrected chi connectivity index (χ4v) is 5.41. The van der Waals surface area contributed by atoms with Crippen molar-refractivity contribution < 1.29 is 49.5 Å². The molecule has 5 rings (SSSR count). The second-order valence-electron chi connectivity index (χ2n) is 11.0. The van der Waals surface area contributed by atoms with Crippen molar-refractivity contribution in [1.82, 2.24) is 4.90 Å². The third kappa shape index (κ3) is 8.39. The van der Waals surface area contributed by atoms with Crippen LogP contribution >= 0.6 is 0 Å². The molecule has 48 heavy (non-hydrogen) atoms. The molecular weight excluding hydrogens is 666 g/mol. The van der Waals surface area contributed by atoms with Gasteiger partial charge in [0.2, 0.25) is 0 Å². The minimum atomic E-state index is -5.51. The Labute approximate surface area is 286 Å². The number of carboxylic acid groups (broad SMARTS) is 1. The summed E-state index contributed by atoms with van der Waals surface area (Å²) in [6.45, 7) is 1.24. The number of halogens is 3. The van der Waals surface area contributed by atoms with E-state index >= 15 is 0 Å². The second-order valence-corrected chi connectivity index (χ2v) is 11.0. The summed E-state index contributed by atoms with van der Waals surface area (Å²) in [4.78, 5) is 32.2. The van der Waals surface area contributed by atoms with Crippen molar-refractivity contribution in [1.29, 1.82) is 0 Å². The normalized spacial score (nSPS) is 16.8. The molecule has 1 saturated heterocycles. The van der Waals surface area contributed by atoms with Gasteiger partial charge in [0.15, 0.2) is 6.04 Å². The zero-order valence-corrected chi connectivity index (χ0v) is 26.4. The average Bonchev–Trinajstić information content (AvgIpc) is 3.53. The number of likely N-dealkylation sites (tertiary alicyclic amines) is 1. The van der Waals surface area contributed by atoms with E-state index in [0.29, 0.717) is 19.5 Å². The number of carbonyl (C=O) groups is 2. The maximum absolute atomic E-state index is 14.5. The molecule has 0 radical (unpaired) electrons. The Hall–Kier alpha value is -4.75. The molecule has 1 aliphatic heterocycles. The first-order valence-electron chi connectivity index (χ1n) is 14.9. The number of aliphatic imine (C=N–C) groups is 1. The summed E-state index contributed by atoms with van der Waals surface area (Å²) in [7, 11) is 0. The third-order valence-electron chi connectivity index (χ3n) is 7.81. The van der Waals surface area contributed by atoms with Crippen LogP contribution in [-0.4, -0.2) is 63.1 Å². The van der Waals surface area contributed by atoms with Crippen LogP contribution in [0.5, 0.6) is 0 Å². The van der Waals surface area contributed by atoms with Gasteiger partial charge in [-0.25, -0.2) is 4.79 Å². The molecule has 7 nitrogen and oxygen atoms in total. The number of carbonyl (C=O) groups excluding carboxylic acids is 1. The van der Waals surface area contributed by atoms with Gasteiger partial charge in [-0.1, -0.05) is 115 Å². The van der Waals surface area contributed by atoms with E-state index in [2.05, 4.69) is 16.2 Å². The number of hydrogen-bond acceptors (Lipinski definition) is 5.